The molecular formula is C13H16N4S. The molecule has 3 rings (SSSR count). The first kappa shape index (κ1) is 11.5. The van der Waals surface area contributed by atoms with Crippen LogP contribution in [0.1, 0.15) is 18.2 Å². The van der Waals surface area contributed by atoms with E-state index in [-0.39, 0.29) is 0 Å². The third-order valence-electron chi connectivity index (χ3n) is 3.10. The fraction of sp³-hybridized carbons (Fsp3) is 0.385. The van der Waals surface area contributed by atoms with E-state index in [1.807, 2.05) is 18.7 Å². The molecular weight excluding hydrogens is 244 g/mol. The summed E-state index contributed by atoms with van der Waals surface area (Å²) >= 11 is 1.72. The van der Waals surface area contributed by atoms with Gasteiger partial charge >= 0.3 is 0 Å². The zero-order chi connectivity index (χ0) is 12.9. The number of hydrogen-bond acceptors (Lipinski definition) is 4. The lowest BCUT2D eigenvalue weighted by molar-refractivity contribution is 0.783. The van der Waals surface area contributed by atoms with Gasteiger partial charge in [-0.25, -0.2) is 4.98 Å². The molecule has 0 bridgehead atoms. The summed E-state index contributed by atoms with van der Waals surface area (Å²) in [5, 5.41) is 9.21. The molecule has 94 valence electrons. The summed E-state index contributed by atoms with van der Waals surface area (Å²) in [5.74, 6) is 1.09. The fourth-order valence-corrected chi connectivity index (χ4v) is 3.67. The highest BCUT2D eigenvalue weighted by Gasteiger charge is 2.17. The van der Waals surface area contributed by atoms with Gasteiger partial charge in [-0.05, 0) is 32.4 Å². The number of hydrogen-bond donors (Lipinski definition) is 1. The maximum atomic E-state index is 4.63. The maximum absolute atomic E-state index is 4.63. The van der Waals surface area contributed by atoms with Gasteiger partial charge in [0.25, 0.3) is 0 Å². The van der Waals surface area contributed by atoms with Crippen molar-refractivity contribution < 1.29 is 0 Å². The summed E-state index contributed by atoms with van der Waals surface area (Å²) in [7, 11) is 1.98. The number of aryl methyl sites for hydroxylation is 3. The molecule has 3 heterocycles. The highest BCUT2D eigenvalue weighted by molar-refractivity contribution is 7.26. The van der Waals surface area contributed by atoms with E-state index in [0.717, 1.165) is 28.4 Å². The van der Waals surface area contributed by atoms with Gasteiger partial charge in [-0.3, -0.25) is 4.68 Å². The minimum atomic E-state index is 0.897. The van der Waals surface area contributed by atoms with Gasteiger partial charge in [-0.1, -0.05) is 0 Å². The number of nitrogens with zero attached hydrogens (tertiary/aromatic N) is 3. The van der Waals surface area contributed by atoms with E-state index in [4.69, 9.17) is 0 Å². The summed E-state index contributed by atoms with van der Waals surface area (Å²) in [5.41, 5.74) is 3.39. The molecule has 5 heteroatoms. The standard InChI is InChI=1S/C13H16N4S/c1-5-14-12-11-10(16-17(12)4)9-7(2)6-8(3)15-13(9)18-11/h6,14H,5H2,1-4H3. The average molecular weight is 260 g/mol. The van der Waals surface area contributed by atoms with E-state index in [9.17, 15) is 0 Å². The summed E-state index contributed by atoms with van der Waals surface area (Å²) in [6, 6.07) is 2.12. The predicted molar refractivity (Wildman–Crippen MR) is 77.5 cm³/mol. The van der Waals surface area contributed by atoms with Crippen LogP contribution in [0.5, 0.6) is 0 Å². The highest BCUT2D eigenvalue weighted by atomic mass is 32.1. The van der Waals surface area contributed by atoms with Gasteiger partial charge in [0.2, 0.25) is 0 Å². The van der Waals surface area contributed by atoms with Gasteiger partial charge in [0.15, 0.2) is 0 Å². The Balaban J connectivity index is 2.42. The van der Waals surface area contributed by atoms with E-state index in [1.54, 1.807) is 11.3 Å². The van der Waals surface area contributed by atoms with E-state index in [1.165, 1.54) is 15.6 Å². The van der Waals surface area contributed by atoms with Crippen molar-refractivity contribution in [1.29, 1.82) is 0 Å². The van der Waals surface area contributed by atoms with Gasteiger partial charge in [-0.2, -0.15) is 5.10 Å². The zero-order valence-electron chi connectivity index (χ0n) is 11.0. The van der Waals surface area contributed by atoms with Crippen LogP contribution in [0.3, 0.4) is 0 Å². The molecule has 0 aliphatic heterocycles. The largest absolute Gasteiger partial charge is 0.369 e. The van der Waals surface area contributed by atoms with Gasteiger partial charge in [0, 0.05) is 24.7 Å². The molecule has 3 aromatic heterocycles. The van der Waals surface area contributed by atoms with Crippen molar-refractivity contribution in [3.8, 4) is 0 Å². The second kappa shape index (κ2) is 3.95. The van der Waals surface area contributed by atoms with E-state index in [2.05, 4.69) is 35.3 Å². The van der Waals surface area contributed by atoms with Crippen LogP contribution < -0.4 is 5.32 Å². The summed E-state index contributed by atoms with van der Waals surface area (Å²) in [6.45, 7) is 7.16. The van der Waals surface area contributed by atoms with Gasteiger partial charge in [-0.15, -0.1) is 11.3 Å². The van der Waals surface area contributed by atoms with E-state index >= 15 is 0 Å². The lowest BCUT2D eigenvalue weighted by Crippen LogP contribution is -2.03. The minimum Gasteiger partial charge on any atom is -0.369 e. The van der Waals surface area contributed by atoms with Crippen LogP contribution >= 0.6 is 11.3 Å². The molecule has 0 atom stereocenters. The monoisotopic (exact) mass is 260 g/mol. The topological polar surface area (TPSA) is 42.7 Å². The smallest absolute Gasteiger partial charge is 0.142 e. The Kier molecular flexibility index (Phi) is 2.52. The van der Waals surface area contributed by atoms with Gasteiger partial charge in [0.1, 0.15) is 16.2 Å². The van der Waals surface area contributed by atoms with Crippen molar-refractivity contribution >= 4 is 37.6 Å². The summed E-state index contributed by atoms with van der Waals surface area (Å²) in [6.07, 6.45) is 0. The molecule has 0 saturated heterocycles. The second-order valence-electron chi connectivity index (χ2n) is 4.54. The zero-order valence-corrected chi connectivity index (χ0v) is 11.9. The van der Waals surface area contributed by atoms with E-state index < -0.39 is 0 Å². The number of nitrogens with one attached hydrogen (secondary N) is 1. The Hall–Kier alpha value is -1.62. The molecule has 4 nitrogen and oxygen atoms in total. The average Bonchev–Trinajstić information content (AvgIpc) is 2.76. The molecule has 0 aromatic carbocycles. The van der Waals surface area contributed by atoms with Crippen molar-refractivity contribution in [3.05, 3.63) is 17.3 Å². The summed E-state index contributed by atoms with van der Waals surface area (Å²) in [4.78, 5) is 5.71. The quantitative estimate of drug-likeness (QED) is 0.769. The van der Waals surface area contributed by atoms with Crippen LogP contribution in [0, 0.1) is 13.8 Å². The Morgan fingerprint density at radius 1 is 1.39 bits per heavy atom. The Labute approximate surface area is 110 Å². The van der Waals surface area contributed by atoms with Crippen molar-refractivity contribution in [1.82, 2.24) is 14.8 Å². The Morgan fingerprint density at radius 2 is 2.17 bits per heavy atom. The second-order valence-corrected chi connectivity index (χ2v) is 5.54. The fourth-order valence-electron chi connectivity index (χ4n) is 2.39. The molecule has 0 aliphatic rings. The molecule has 0 unspecified atom stereocenters. The van der Waals surface area contributed by atoms with Gasteiger partial charge < -0.3 is 5.32 Å². The Morgan fingerprint density at radius 3 is 2.89 bits per heavy atom. The van der Waals surface area contributed by atoms with E-state index in [0.29, 0.717) is 0 Å². The molecule has 0 fully saturated rings. The van der Waals surface area contributed by atoms with Crippen molar-refractivity contribution in [2.45, 2.75) is 20.8 Å². The number of thiophene rings is 1. The minimum absolute atomic E-state index is 0.897. The van der Waals surface area contributed by atoms with Crippen LogP contribution in [0.15, 0.2) is 6.07 Å². The lowest BCUT2D eigenvalue weighted by Gasteiger charge is -2.02. The van der Waals surface area contributed by atoms with Crippen LogP contribution in [0.4, 0.5) is 5.82 Å². The van der Waals surface area contributed by atoms with Crippen molar-refractivity contribution in [2.75, 3.05) is 11.9 Å². The van der Waals surface area contributed by atoms with Crippen molar-refractivity contribution in [2.24, 2.45) is 7.05 Å². The number of pyridine rings is 1. The van der Waals surface area contributed by atoms with Gasteiger partial charge in [0.05, 0.1) is 4.70 Å². The molecule has 0 aliphatic carbocycles. The number of aromatic nitrogens is 3. The Bertz CT molecular complexity index is 738. The van der Waals surface area contributed by atoms with Crippen LogP contribution in [-0.2, 0) is 7.05 Å². The first-order valence-electron chi connectivity index (χ1n) is 6.09. The normalized spacial score (nSPS) is 11.6. The number of rotatable bonds is 2. The number of fused-ring (bicyclic) bond motifs is 3. The van der Waals surface area contributed by atoms with Crippen LogP contribution in [0.2, 0.25) is 0 Å². The van der Waals surface area contributed by atoms with Crippen LogP contribution in [-0.4, -0.2) is 21.3 Å². The maximum Gasteiger partial charge on any atom is 0.142 e. The first-order valence-corrected chi connectivity index (χ1v) is 6.90. The predicted octanol–water partition coefficient (Wildman–Crippen LogP) is 3.23. The molecule has 18 heavy (non-hydrogen) atoms. The molecule has 0 spiro atoms. The van der Waals surface area contributed by atoms with Crippen molar-refractivity contribution in [3.63, 3.8) is 0 Å². The molecule has 0 radical (unpaired) electrons. The number of anilines is 1. The molecule has 1 N–H and O–H groups in total. The third-order valence-corrected chi connectivity index (χ3v) is 4.17. The lowest BCUT2D eigenvalue weighted by atomic mass is 10.2. The highest BCUT2D eigenvalue weighted by Crippen LogP contribution is 2.38. The molecule has 0 saturated carbocycles. The third kappa shape index (κ3) is 1.50. The summed E-state index contributed by atoms with van der Waals surface area (Å²) < 4.78 is 3.12. The molecule has 3 aromatic rings. The first-order chi connectivity index (χ1) is 8.61. The SMILES string of the molecule is CCNc1c2sc3nc(C)cc(C)c3c2nn1C. The molecule has 0 amide bonds. The van der Waals surface area contributed by atoms with Crippen LogP contribution in [0.25, 0.3) is 20.4 Å².